The Morgan fingerprint density at radius 2 is 1.88 bits per heavy atom. The minimum absolute atomic E-state index is 0.0343. The van der Waals surface area contributed by atoms with Crippen LogP contribution in [0.15, 0.2) is 53.4 Å². The lowest BCUT2D eigenvalue weighted by Gasteiger charge is -2.35. The van der Waals surface area contributed by atoms with E-state index in [0.717, 1.165) is 12.0 Å². The Morgan fingerprint density at radius 1 is 1.18 bits per heavy atom. The van der Waals surface area contributed by atoms with Crippen molar-refractivity contribution in [1.29, 1.82) is 0 Å². The zero-order valence-electron chi connectivity index (χ0n) is 19.9. The molecule has 0 radical (unpaired) electrons. The smallest absolute Gasteiger partial charge is 0.410 e. The average Bonchev–Trinajstić information content (AvgIpc) is 3.21. The second-order valence-electron chi connectivity index (χ2n) is 9.83. The Hall–Kier alpha value is -2.29. The summed E-state index contributed by atoms with van der Waals surface area (Å²) in [6.07, 6.45) is 0.522. The van der Waals surface area contributed by atoms with Crippen LogP contribution in [0.4, 0.5) is 4.79 Å². The van der Waals surface area contributed by atoms with Gasteiger partial charge in [-0.25, -0.2) is 13.2 Å². The van der Waals surface area contributed by atoms with E-state index >= 15 is 0 Å². The maximum atomic E-state index is 13.9. The van der Waals surface area contributed by atoms with Crippen LogP contribution >= 0.6 is 11.6 Å². The highest BCUT2D eigenvalue weighted by atomic mass is 35.5. The molecule has 1 amide bonds. The van der Waals surface area contributed by atoms with Gasteiger partial charge in [0.05, 0.1) is 6.04 Å². The van der Waals surface area contributed by atoms with Gasteiger partial charge in [-0.15, -0.1) is 0 Å². The molecule has 3 atom stereocenters. The SMILES string of the molecule is C[C@@H]1[C@H](c2ccccc2)Oc2ccc(Cl)cc2S(=O)(=O)N1CC1CCCN1C(=O)OC(C)(C)C. The van der Waals surface area contributed by atoms with Crippen molar-refractivity contribution in [2.75, 3.05) is 13.1 Å². The number of benzene rings is 2. The Balaban J connectivity index is 1.72. The van der Waals surface area contributed by atoms with E-state index in [2.05, 4.69) is 0 Å². The minimum atomic E-state index is -3.96. The number of nitrogens with zero attached hydrogens (tertiary/aromatic N) is 2. The lowest BCUT2D eigenvalue weighted by molar-refractivity contribution is 0.0197. The summed E-state index contributed by atoms with van der Waals surface area (Å²) in [5.41, 5.74) is 0.238. The quantitative estimate of drug-likeness (QED) is 0.568. The van der Waals surface area contributed by atoms with Crippen molar-refractivity contribution in [3.63, 3.8) is 0 Å². The second kappa shape index (κ2) is 9.40. The van der Waals surface area contributed by atoms with Crippen LogP contribution in [0, 0.1) is 0 Å². The van der Waals surface area contributed by atoms with Gasteiger partial charge in [-0.2, -0.15) is 4.31 Å². The summed E-state index contributed by atoms with van der Waals surface area (Å²) in [5.74, 6) is 0.267. The molecular formula is C25H31ClN2O5S. The lowest BCUT2D eigenvalue weighted by atomic mass is 10.0. The van der Waals surface area contributed by atoms with Crippen LogP contribution in [-0.2, 0) is 14.8 Å². The van der Waals surface area contributed by atoms with E-state index in [1.165, 1.54) is 10.4 Å². The first-order chi connectivity index (χ1) is 16.0. The van der Waals surface area contributed by atoms with Gasteiger partial charge in [-0.1, -0.05) is 41.9 Å². The van der Waals surface area contributed by atoms with Gasteiger partial charge in [-0.3, -0.25) is 0 Å². The molecule has 9 heteroatoms. The van der Waals surface area contributed by atoms with Gasteiger partial charge in [0.1, 0.15) is 22.4 Å². The zero-order valence-corrected chi connectivity index (χ0v) is 21.5. The molecule has 2 heterocycles. The highest BCUT2D eigenvalue weighted by Crippen LogP contribution is 2.40. The van der Waals surface area contributed by atoms with Crippen LogP contribution in [0.3, 0.4) is 0 Å². The van der Waals surface area contributed by atoms with E-state index in [1.807, 2.05) is 58.0 Å². The first kappa shape index (κ1) is 24.8. The minimum Gasteiger partial charge on any atom is -0.483 e. The summed E-state index contributed by atoms with van der Waals surface area (Å²) in [5, 5.41) is 0.313. The molecule has 1 fully saturated rings. The number of hydrogen-bond donors (Lipinski definition) is 0. The molecule has 34 heavy (non-hydrogen) atoms. The third kappa shape index (κ3) is 5.04. The van der Waals surface area contributed by atoms with Crippen molar-refractivity contribution >= 4 is 27.7 Å². The molecule has 0 saturated carbocycles. The predicted molar refractivity (Wildman–Crippen MR) is 131 cm³/mol. The Bertz CT molecular complexity index is 1150. The summed E-state index contributed by atoms with van der Waals surface area (Å²) in [6, 6.07) is 13.4. The van der Waals surface area contributed by atoms with Crippen molar-refractivity contribution in [2.45, 2.75) is 69.2 Å². The van der Waals surface area contributed by atoms with Crippen molar-refractivity contribution in [1.82, 2.24) is 9.21 Å². The molecular weight excluding hydrogens is 476 g/mol. The number of ether oxygens (including phenoxy) is 2. The maximum absolute atomic E-state index is 13.9. The molecule has 0 aromatic heterocycles. The van der Waals surface area contributed by atoms with E-state index in [4.69, 9.17) is 21.1 Å². The van der Waals surface area contributed by atoms with Crippen LogP contribution in [0.1, 0.15) is 52.2 Å². The number of hydrogen-bond acceptors (Lipinski definition) is 5. The fourth-order valence-corrected chi connectivity index (χ4v) is 6.61. The third-order valence-corrected chi connectivity index (χ3v) is 8.37. The first-order valence-corrected chi connectivity index (χ1v) is 13.3. The molecule has 0 spiro atoms. The van der Waals surface area contributed by atoms with Gasteiger partial charge in [-0.05, 0) is 64.3 Å². The first-order valence-electron chi connectivity index (χ1n) is 11.5. The molecule has 0 bridgehead atoms. The van der Waals surface area contributed by atoms with Crippen LogP contribution in [0.25, 0.3) is 0 Å². The molecule has 2 aromatic rings. The summed E-state index contributed by atoms with van der Waals surface area (Å²) < 4.78 is 41.2. The predicted octanol–water partition coefficient (Wildman–Crippen LogP) is 5.25. The van der Waals surface area contributed by atoms with Crippen LogP contribution in [0.2, 0.25) is 5.02 Å². The number of likely N-dealkylation sites (tertiary alicyclic amines) is 1. The van der Waals surface area contributed by atoms with Gasteiger partial charge >= 0.3 is 6.09 Å². The van der Waals surface area contributed by atoms with Gasteiger partial charge in [0.2, 0.25) is 10.0 Å². The normalized spacial score (nSPS) is 24.7. The van der Waals surface area contributed by atoms with E-state index in [9.17, 15) is 13.2 Å². The van der Waals surface area contributed by atoms with Crippen molar-refractivity contribution in [3.8, 4) is 5.75 Å². The standard InChI is InChI=1S/C25H31ClN2O5S/c1-17-23(18-9-6-5-7-10-18)32-21-13-12-19(26)15-22(21)34(30,31)28(17)16-20-11-8-14-27(20)24(29)33-25(2,3)4/h5-7,9-10,12-13,15,17,20,23H,8,11,14,16H2,1-4H3/t17-,20?,23-/m1/s1. The van der Waals surface area contributed by atoms with Crippen LogP contribution in [-0.4, -0.2) is 54.5 Å². The molecule has 4 rings (SSSR count). The highest BCUT2D eigenvalue weighted by Gasteiger charge is 2.44. The Morgan fingerprint density at radius 3 is 2.56 bits per heavy atom. The molecule has 1 saturated heterocycles. The van der Waals surface area contributed by atoms with Crippen molar-refractivity contribution in [3.05, 3.63) is 59.1 Å². The average molecular weight is 507 g/mol. The van der Waals surface area contributed by atoms with E-state index in [1.54, 1.807) is 17.0 Å². The number of carbonyl (C=O) groups is 1. The zero-order chi connectivity index (χ0) is 24.7. The third-order valence-electron chi connectivity index (χ3n) is 6.16. The van der Waals surface area contributed by atoms with Gasteiger partial charge in [0.25, 0.3) is 0 Å². The summed E-state index contributed by atoms with van der Waals surface area (Å²) >= 11 is 6.18. The fourth-order valence-electron chi connectivity index (χ4n) is 4.56. The highest BCUT2D eigenvalue weighted by molar-refractivity contribution is 7.89. The molecule has 2 aromatic carbocycles. The van der Waals surface area contributed by atoms with E-state index in [-0.39, 0.29) is 23.2 Å². The molecule has 184 valence electrons. The topological polar surface area (TPSA) is 76.2 Å². The second-order valence-corrected chi connectivity index (χ2v) is 12.1. The molecule has 7 nitrogen and oxygen atoms in total. The summed E-state index contributed by atoms with van der Waals surface area (Å²) in [6.45, 7) is 7.97. The number of sulfonamides is 1. The van der Waals surface area contributed by atoms with Gasteiger partial charge < -0.3 is 14.4 Å². The Labute approximate surface area is 206 Å². The number of carbonyl (C=O) groups excluding carboxylic acids is 1. The Kier molecular flexibility index (Phi) is 6.86. The van der Waals surface area contributed by atoms with Crippen molar-refractivity contribution < 1.29 is 22.7 Å². The van der Waals surface area contributed by atoms with Crippen LogP contribution in [0.5, 0.6) is 5.75 Å². The van der Waals surface area contributed by atoms with Crippen LogP contribution < -0.4 is 4.74 Å². The number of amides is 1. The van der Waals surface area contributed by atoms with Crippen molar-refractivity contribution in [2.24, 2.45) is 0 Å². The molecule has 2 aliphatic heterocycles. The maximum Gasteiger partial charge on any atom is 0.410 e. The molecule has 2 aliphatic rings. The van der Waals surface area contributed by atoms with Gasteiger partial charge in [0.15, 0.2) is 0 Å². The van der Waals surface area contributed by atoms with Gasteiger partial charge in [0, 0.05) is 24.2 Å². The molecule has 0 aliphatic carbocycles. The van der Waals surface area contributed by atoms with E-state index in [0.29, 0.717) is 18.0 Å². The number of fused-ring (bicyclic) bond motifs is 1. The molecule has 0 N–H and O–H groups in total. The number of halogens is 1. The monoisotopic (exact) mass is 506 g/mol. The summed E-state index contributed by atoms with van der Waals surface area (Å²) in [4.78, 5) is 14.5. The fraction of sp³-hybridized carbons (Fsp3) is 0.480. The summed E-state index contributed by atoms with van der Waals surface area (Å²) in [7, 11) is -3.96. The number of rotatable bonds is 3. The largest absolute Gasteiger partial charge is 0.483 e. The van der Waals surface area contributed by atoms with E-state index < -0.39 is 33.9 Å². The lowest BCUT2D eigenvalue weighted by Crippen LogP contribution is -2.50. The molecule has 1 unspecified atom stereocenters.